The first-order chi connectivity index (χ1) is 5.77. The standard InChI is InChI=1S/C9H9BrOS.BrH/c1-12-8-4-2-7(3-5-8)9(11)6-10;/h2-5H,6H2,1H3;1H. The molecule has 0 fully saturated rings. The molecule has 0 heterocycles. The summed E-state index contributed by atoms with van der Waals surface area (Å²) in [6.45, 7) is 0. The molecule has 0 amide bonds. The van der Waals surface area contributed by atoms with Crippen molar-refractivity contribution in [2.45, 2.75) is 4.90 Å². The average Bonchev–Trinajstić information content (AvgIpc) is 2.17. The number of alkyl halides is 1. The molecule has 4 heteroatoms. The van der Waals surface area contributed by atoms with Gasteiger partial charge in [-0.05, 0) is 18.4 Å². The van der Waals surface area contributed by atoms with Crippen molar-refractivity contribution in [1.29, 1.82) is 0 Å². The summed E-state index contributed by atoms with van der Waals surface area (Å²) < 4.78 is 0. The van der Waals surface area contributed by atoms with Gasteiger partial charge in [-0.25, -0.2) is 0 Å². The van der Waals surface area contributed by atoms with Crippen molar-refractivity contribution in [3.05, 3.63) is 29.8 Å². The molecule has 0 aliphatic carbocycles. The van der Waals surface area contributed by atoms with Crippen LogP contribution in [0.1, 0.15) is 10.4 Å². The van der Waals surface area contributed by atoms with E-state index in [0.717, 1.165) is 5.56 Å². The molecule has 0 aliphatic heterocycles. The SMILES string of the molecule is Br.CSc1ccc(C(=O)CBr)cc1. The number of hydrogen-bond donors (Lipinski definition) is 0. The molecule has 0 spiro atoms. The van der Waals surface area contributed by atoms with Crippen molar-refractivity contribution in [1.82, 2.24) is 0 Å². The first-order valence-corrected chi connectivity index (χ1v) is 5.85. The van der Waals surface area contributed by atoms with E-state index in [9.17, 15) is 4.79 Å². The molecule has 0 N–H and O–H groups in total. The fourth-order valence-electron chi connectivity index (χ4n) is 0.854. The van der Waals surface area contributed by atoms with Gasteiger partial charge in [0, 0.05) is 10.5 Å². The summed E-state index contributed by atoms with van der Waals surface area (Å²) in [4.78, 5) is 12.3. The van der Waals surface area contributed by atoms with Crippen LogP contribution in [0.15, 0.2) is 29.2 Å². The first-order valence-electron chi connectivity index (χ1n) is 3.51. The number of Topliss-reactive ketones (excluding diaryl/α,β-unsaturated/α-hetero) is 1. The van der Waals surface area contributed by atoms with E-state index in [1.807, 2.05) is 30.5 Å². The van der Waals surface area contributed by atoms with E-state index in [4.69, 9.17) is 0 Å². The summed E-state index contributed by atoms with van der Waals surface area (Å²) in [5.74, 6) is 0.127. The lowest BCUT2D eigenvalue weighted by molar-refractivity contribution is 0.102. The second-order valence-electron chi connectivity index (χ2n) is 2.29. The Balaban J connectivity index is 0.00000144. The average molecular weight is 326 g/mol. The Morgan fingerprint density at radius 3 is 2.31 bits per heavy atom. The van der Waals surface area contributed by atoms with Crippen LogP contribution in [0.2, 0.25) is 0 Å². The van der Waals surface area contributed by atoms with Gasteiger partial charge in [-0.1, -0.05) is 28.1 Å². The fourth-order valence-corrected chi connectivity index (χ4v) is 1.59. The number of ketones is 1. The molecule has 1 nitrogen and oxygen atoms in total. The van der Waals surface area contributed by atoms with E-state index in [2.05, 4.69) is 15.9 Å². The lowest BCUT2D eigenvalue weighted by Gasteiger charge is -1.98. The molecule has 0 unspecified atom stereocenters. The summed E-state index contributed by atoms with van der Waals surface area (Å²) in [5, 5.41) is 0.394. The third-order valence-electron chi connectivity index (χ3n) is 1.53. The zero-order valence-corrected chi connectivity index (χ0v) is 11.2. The van der Waals surface area contributed by atoms with Gasteiger partial charge in [0.25, 0.3) is 0 Å². The van der Waals surface area contributed by atoms with E-state index in [-0.39, 0.29) is 22.8 Å². The number of benzene rings is 1. The topological polar surface area (TPSA) is 17.1 Å². The van der Waals surface area contributed by atoms with Crippen LogP contribution in [0.3, 0.4) is 0 Å². The van der Waals surface area contributed by atoms with E-state index in [1.54, 1.807) is 11.8 Å². The van der Waals surface area contributed by atoms with Crippen LogP contribution in [-0.4, -0.2) is 17.4 Å². The minimum absolute atomic E-state index is 0. The monoisotopic (exact) mass is 324 g/mol. The molecule has 72 valence electrons. The number of halogens is 2. The van der Waals surface area contributed by atoms with Gasteiger partial charge in [0.1, 0.15) is 0 Å². The lowest BCUT2D eigenvalue weighted by Crippen LogP contribution is -1.98. The van der Waals surface area contributed by atoms with Crippen LogP contribution in [0.5, 0.6) is 0 Å². The van der Waals surface area contributed by atoms with Crippen molar-refractivity contribution in [2.75, 3.05) is 11.6 Å². The Morgan fingerprint density at radius 2 is 1.92 bits per heavy atom. The van der Waals surface area contributed by atoms with E-state index >= 15 is 0 Å². The Bertz CT molecular complexity index is 271. The second-order valence-corrected chi connectivity index (χ2v) is 3.73. The van der Waals surface area contributed by atoms with Gasteiger partial charge in [-0.15, -0.1) is 28.7 Å². The highest BCUT2D eigenvalue weighted by Gasteiger charge is 2.01. The zero-order valence-electron chi connectivity index (χ0n) is 7.12. The molecule has 1 aromatic carbocycles. The zero-order chi connectivity index (χ0) is 8.97. The van der Waals surface area contributed by atoms with Crippen molar-refractivity contribution in [2.24, 2.45) is 0 Å². The highest BCUT2D eigenvalue weighted by Crippen LogP contribution is 2.15. The van der Waals surface area contributed by atoms with Crippen LogP contribution in [0.4, 0.5) is 0 Å². The van der Waals surface area contributed by atoms with Crippen LogP contribution in [0, 0.1) is 0 Å². The Kier molecular flexibility index (Phi) is 6.73. The number of thioether (sulfide) groups is 1. The van der Waals surface area contributed by atoms with E-state index in [1.165, 1.54) is 4.90 Å². The summed E-state index contributed by atoms with van der Waals surface area (Å²) in [6, 6.07) is 7.63. The summed E-state index contributed by atoms with van der Waals surface area (Å²) in [7, 11) is 0. The molecular formula is C9H10Br2OS. The maximum atomic E-state index is 11.2. The van der Waals surface area contributed by atoms with Crippen molar-refractivity contribution < 1.29 is 4.79 Å². The smallest absolute Gasteiger partial charge is 0.173 e. The molecule has 1 aromatic rings. The molecule has 0 aliphatic rings. The fraction of sp³-hybridized carbons (Fsp3) is 0.222. The molecule has 0 saturated carbocycles. The van der Waals surface area contributed by atoms with E-state index < -0.39 is 0 Å². The van der Waals surface area contributed by atoms with Gasteiger partial charge in [0.15, 0.2) is 5.78 Å². The van der Waals surface area contributed by atoms with Crippen molar-refractivity contribution in [3.63, 3.8) is 0 Å². The molecule has 0 bridgehead atoms. The number of carbonyl (C=O) groups is 1. The molecular weight excluding hydrogens is 316 g/mol. The highest BCUT2D eigenvalue weighted by atomic mass is 79.9. The third-order valence-corrected chi connectivity index (χ3v) is 2.79. The molecule has 0 radical (unpaired) electrons. The number of rotatable bonds is 3. The number of hydrogen-bond acceptors (Lipinski definition) is 2. The normalized spacial score (nSPS) is 9.08. The predicted octanol–water partition coefficient (Wildman–Crippen LogP) is 3.56. The second kappa shape index (κ2) is 6.62. The molecule has 0 atom stereocenters. The van der Waals surface area contributed by atoms with Crippen LogP contribution >= 0.6 is 44.7 Å². The van der Waals surface area contributed by atoms with Crippen molar-refractivity contribution in [3.8, 4) is 0 Å². The minimum atomic E-state index is 0. The van der Waals surface area contributed by atoms with Gasteiger partial charge in [-0.3, -0.25) is 4.79 Å². The van der Waals surface area contributed by atoms with Crippen LogP contribution < -0.4 is 0 Å². The molecule has 0 aromatic heterocycles. The molecule has 0 saturated heterocycles. The first kappa shape index (κ1) is 13.2. The Morgan fingerprint density at radius 1 is 1.38 bits per heavy atom. The lowest BCUT2D eigenvalue weighted by atomic mass is 10.2. The molecule has 1 rings (SSSR count). The Hall–Kier alpha value is 0.200. The minimum Gasteiger partial charge on any atom is -0.293 e. The largest absolute Gasteiger partial charge is 0.293 e. The van der Waals surface area contributed by atoms with Crippen LogP contribution in [-0.2, 0) is 0 Å². The van der Waals surface area contributed by atoms with E-state index in [0.29, 0.717) is 5.33 Å². The number of carbonyl (C=O) groups excluding carboxylic acids is 1. The van der Waals surface area contributed by atoms with Gasteiger partial charge in [-0.2, -0.15) is 0 Å². The third kappa shape index (κ3) is 3.83. The van der Waals surface area contributed by atoms with Gasteiger partial charge >= 0.3 is 0 Å². The maximum Gasteiger partial charge on any atom is 0.173 e. The summed E-state index contributed by atoms with van der Waals surface area (Å²) in [5.41, 5.74) is 0.768. The van der Waals surface area contributed by atoms with Gasteiger partial charge in [0.2, 0.25) is 0 Å². The van der Waals surface area contributed by atoms with Gasteiger partial charge < -0.3 is 0 Å². The molecule has 13 heavy (non-hydrogen) atoms. The van der Waals surface area contributed by atoms with Crippen LogP contribution in [0.25, 0.3) is 0 Å². The van der Waals surface area contributed by atoms with Crippen molar-refractivity contribution >= 4 is 50.5 Å². The Labute approximate surface area is 101 Å². The quantitative estimate of drug-likeness (QED) is 0.480. The highest BCUT2D eigenvalue weighted by molar-refractivity contribution is 9.09. The summed E-state index contributed by atoms with van der Waals surface area (Å²) >= 11 is 4.81. The summed E-state index contributed by atoms with van der Waals surface area (Å²) in [6.07, 6.45) is 2.02. The van der Waals surface area contributed by atoms with Gasteiger partial charge in [0.05, 0.1) is 5.33 Å². The predicted molar refractivity (Wildman–Crippen MR) is 66.7 cm³/mol. The maximum absolute atomic E-state index is 11.2.